The highest BCUT2D eigenvalue weighted by atomic mass is 16.7. The maximum atomic E-state index is 12.7. The topological polar surface area (TPSA) is 95.1 Å². The van der Waals surface area contributed by atoms with Crippen LogP contribution in [0, 0.1) is 0 Å². The van der Waals surface area contributed by atoms with Gasteiger partial charge in [0.05, 0.1) is 14.2 Å². The molecule has 298 valence electrons. The SMILES string of the molecule is COc1ccc(C(=O)Nc2ccc(/C=C\c3ccc4c5c(ccc4c3)OCOc3ccc4cc(/C=C\c6ccc(NC(=O)c7ccc(OC)cc7)cc6)ccc4c3-5)cc2)cc1. The van der Waals surface area contributed by atoms with E-state index in [0.29, 0.717) is 34.0 Å². The number of rotatable bonds is 10. The molecule has 9 rings (SSSR count). The lowest BCUT2D eigenvalue weighted by molar-refractivity contribution is 0.101. The minimum Gasteiger partial charge on any atom is -0.497 e. The largest absolute Gasteiger partial charge is 0.497 e. The van der Waals surface area contributed by atoms with Gasteiger partial charge in [0.2, 0.25) is 6.79 Å². The summed E-state index contributed by atoms with van der Waals surface area (Å²) in [6.07, 6.45) is 8.30. The zero-order valence-corrected chi connectivity index (χ0v) is 33.5. The summed E-state index contributed by atoms with van der Waals surface area (Å²) in [5.41, 5.74) is 8.67. The molecule has 0 saturated heterocycles. The summed E-state index contributed by atoms with van der Waals surface area (Å²) in [4.78, 5) is 25.4. The Morgan fingerprint density at radius 1 is 0.459 bits per heavy atom. The predicted molar refractivity (Wildman–Crippen MR) is 246 cm³/mol. The van der Waals surface area contributed by atoms with Crippen LogP contribution in [0.2, 0.25) is 0 Å². The van der Waals surface area contributed by atoms with Gasteiger partial charge in [0.25, 0.3) is 11.8 Å². The first-order valence-electron chi connectivity index (χ1n) is 19.8. The molecular weight excluding hydrogens is 761 g/mol. The molecule has 2 N–H and O–H groups in total. The number of benzene rings is 8. The molecule has 2 amide bonds. The van der Waals surface area contributed by atoms with Gasteiger partial charge in [-0.25, -0.2) is 0 Å². The molecule has 8 heteroatoms. The van der Waals surface area contributed by atoms with Gasteiger partial charge in [0, 0.05) is 33.6 Å². The number of nitrogens with one attached hydrogen (secondary N) is 2. The molecule has 0 spiro atoms. The summed E-state index contributed by atoms with van der Waals surface area (Å²) >= 11 is 0. The number of hydrogen-bond donors (Lipinski definition) is 2. The standard InChI is InChI=1S/C53H40N2O6/c1-58-44-23-13-38(14-24-44)52(56)54-42-19-7-34(8-20-42)3-5-36-11-27-46-40(31-36)17-29-48-50(46)51-47-28-12-37(32-41(47)18-30-49(51)61-33-60-48)6-4-35-9-21-43(22-10-35)55-53(57)39-15-25-45(59-2)26-16-39/h3-32H,33H2,1-2H3,(H,54,56)(H,55,57)/b5-3-,6-4-. The average Bonchev–Trinajstić information content (AvgIpc) is 3.51. The molecule has 8 nitrogen and oxygen atoms in total. The zero-order valence-electron chi connectivity index (χ0n) is 33.5. The van der Waals surface area contributed by atoms with Crippen LogP contribution in [0.4, 0.5) is 11.4 Å². The molecule has 61 heavy (non-hydrogen) atoms. The fraction of sp³-hybridized carbons (Fsp3) is 0.0566. The Balaban J connectivity index is 0.916. The molecule has 1 aliphatic rings. The van der Waals surface area contributed by atoms with E-state index >= 15 is 0 Å². The monoisotopic (exact) mass is 800 g/mol. The van der Waals surface area contributed by atoms with Crippen molar-refractivity contribution in [2.75, 3.05) is 31.6 Å². The molecule has 0 saturated carbocycles. The van der Waals surface area contributed by atoms with Crippen molar-refractivity contribution in [1.29, 1.82) is 0 Å². The minimum atomic E-state index is -0.180. The fourth-order valence-corrected chi connectivity index (χ4v) is 7.41. The predicted octanol–water partition coefficient (Wildman–Crippen LogP) is 12.3. The number of methoxy groups -OCH3 is 2. The maximum Gasteiger partial charge on any atom is 0.255 e. The van der Waals surface area contributed by atoms with Crippen molar-refractivity contribution < 1.29 is 28.5 Å². The summed E-state index contributed by atoms with van der Waals surface area (Å²) in [5.74, 6) is 2.59. The van der Waals surface area contributed by atoms with Crippen LogP contribution in [0.25, 0.3) is 57.0 Å². The van der Waals surface area contributed by atoms with Gasteiger partial charge < -0.3 is 29.6 Å². The van der Waals surface area contributed by atoms with E-state index in [1.54, 1.807) is 62.8 Å². The number of ether oxygens (including phenoxy) is 4. The van der Waals surface area contributed by atoms with Crippen molar-refractivity contribution >= 4 is 69.0 Å². The molecule has 0 fully saturated rings. The second kappa shape index (κ2) is 17.0. The van der Waals surface area contributed by atoms with Crippen molar-refractivity contribution in [3.8, 4) is 34.1 Å². The van der Waals surface area contributed by atoms with E-state index in [-0.39, 0.29) is 18.6 Å². The Kier molecular flexibility index (Phi) is 10.7. The van der Waals surface area contributed by atoms with Crippen molar-refractivity contribution in [2.24, 2.45) is 0 Å². The molecule has 8 aromatic carbocycles. The molecule has 0 radical (unpaired) electrons. The second-order valence-electron chi connectivity index (χ2n) is 14.5. The van der Waals surface area contributed by atoms with Gasteiger partial charge in [-0.2, -0.15) is 0 Å². The average molecular weight is 801 g/mol. The van der Waals surface area contributed by atoms with Gasteiger partial charge in [-0.05, 0) is 141 Å². The molecule has 1 heterocycles. The number of anilines is 2. The summed E-state index contributed by atoms with van der Waals surface area (Å²) in [7, 11) is 3.20. The third-order valence-corrected chi connectivity index (χ3v) is 10.7. The quantitative estimate of drug-likeness (QED) is 0.134. The van der Waals surface area contributed by atoms with E-state index in [9.17, 15) is 9.59 Å². The number of fused-ring (bicyclic) bond motifs is 7. The Hall–Kier alpha value is -8.10. The Bertz CT molecular complexity index is 2770. The van der Waals surface area contributed by atoms with Gasteiger partial charge in [-0.15, -0.1) is 0 Å². The normalized spacial score (nSPS) is 12.0. The van der Waals surface area contributed by atoms with Crippen LogP contribution in [0.3, 0.4) is 0 Å². The summed E-state index contributed by atoms with van der Waals surface area (Å²) < 4.78 is 22.7. The first-order valence-corrected chi connectivity index (χ1v) is 19.8. The minimum absolute atomic E-state index is 0.118. The number of hydrogen-bond acceptors (Lipinski definition) is 6. The van der Waals surface area contributed by atoms with Gasteiger partial charge in [0.15, 0.2) is 0 Å². The van der Waals surface area contributed by atoms with Crippen LogP contribution in [0.1, 0.15) is 43.0 Å². The number of carbonyl (C=O) groups is 2. The van der Waals surface area contributed by atoms with Crippen LogP contribution in [0.5, 0.6) is 23.0 Å². The van der Waals surface area contributed by atoms with E-state index in [0.717, 1.165) is 66.4 Å². The third kappa shape index (κ3) is 8.42. The summed E-state index contributed by atoms with van der Waals surface area (Å²) in [6.45, 7) is 0.118. The van der Waals surface area contributed by atoms with Crippen molar-refractivity contribution in [3.63, 3.8) is 0 Å². The third-order valence-electron chi connectivity index (χ3n) is 10.7. The maximum absolute atomic E-state index is 12.7. The fourth-order valence-electron chi connectivity index (χ4n) is 7.41. The van der Waals surface area contributed by atoms with Crippen molar-refractivity contribution in [2.45, 2.75) is 0 Å². The lowest BCUT2D eigenvalue weighted by Gasteiger charge is -2.14. The van der Waals surface area contributed by atoms with Gasteiger partial charge >= 0.3 is 0 Å². The summed E-state index contributed by atoms with van der Waals surface area (Å²) in [6, 6.07) is 50.6. The van der Waals surface area contributed by atoms with E-state index in [4.69, 9.17) is 18.9 Å². The molecule has 0 bridgehead atoms. The lowest BCUT2D eigenvalue weighted by Crippen LogP contribution is -2.11. The highest BCUT2D eigenvalue weighted by Gasteiger charge is 2.22. The van der Waals surface area contributed by atoms with Gasteiger partial charge in [0.1, 0.15) is 23.0 Å². The smallest absolute Gasteiger partial charge is 0.255 e. The molecule has 0 aromatic heterocycles. The van der Waals surface area contributed by atoms with Crippen molar-refractivity contribution in [3.05, 3.63) is 191 Å². The number of amides is 2. The van der Waals surface area contributed by atoms with Crippen LogP contribution < -0.4 is 29.6 Å². The number of carbonyl (C=O) groups excluding carboxylic acids is 2. The Morgan fingerprint density at radius 2 is 0.836 bits per heavy atom. The van der Waals surface area contributed by atoms with E-state index < -0.39 is 0 Å². The molecule has 1 aliphatic heterocycles. The van der Waals surface area contributed by atoms with Crippen LogP contribution in [-0.2, 0) is 0 Å². The molecule has 8 aromatic rings. The van der Waals surface area contributed by atoms with Crippen LogP contribution in [-0.4, -0.2) is 32.8 Å². The van der Waals surface area contributed by atoms with Gasteiger partial charge in [-0.3, -0.25) is 9.59 Å². The highest BCUT2D eigenvalue weighted by Crippen LogP contribution is 2.47. The lowest BCUT2D eigenvalue weighted by atomic mass is 9.91. The zero-order chi connectivity index (χ0) is 41.7. The molecule has 0 unspecified atom stereocenters. The summed E-state index contributed by atoms with van der Waals surface area (Å²) in [5, 5.41) is 10.2. The van der Waals surface area contributed by atoms with Gasteiger partial charge in [-0.1, -0.05) is 85.0 Å². The molecular formula is C53H40N2O6. The Morgan fingerprint density at radius 3 is 1.23 bits per heavy atom. The molecule has 0 atom stereocenters. The molecule has 0 aliphatic carbocycles. The van der Waals surface area contributed by atoms with Crippen LogP contribution in [0.15, 0.2) is 158 Å². The first-order chi connectivity index (χ1) is 29.9. The first kappa shape index (κ1) is 38.4. The van der Waals surface area contributed by atoms with E-state index in [2.05, 4.69) is 83.5 Å². The van der Waals surface area contributed by atoms with E-state index in [1.165, 1.54) is 0 Å². The van der Waals surface area contributed by atoms with E-state index in [1.807, 2.05) is 60.7 Å². The van der Waals surface area contributed by atoms with Crippen molar-refractivity contribution in [1.82, 2.24) is 0 Å². The van der Waals surface area contributed by atoms with Crippen LogP contribution >= 0.6 is 0 Å². The highest BCUT2D eigenvalue weighted by molar-refractivity contribution is 6.11. The second-order valence-corrected chi connectivity index (χ2v) is 14.5. The Labute approximate surface area is 353 Å².